The molecule has 0 bridgehead atoms. The maximum absolute atomic E-state index is 12.5. The Morgan fingerprint density at radius 3 is 2.40 bits per heavy atom. The first-order chi connectivity index (χ1) is 14.5. The van der Waals surface area contributed by atoms with Crippen molar-refractivity contribution in [2.24, 2.45) is 0 Å². The second-order valence-electron chi connectivity index (χ2n) is 6.88. The molecule has 2 aromatic carbocycles. The molecule has 1 saturated heterocycles. The third-order valence-corrected chi connectivity index (χ3v) is 7.37. The highest BCUT2D eigenvalue weighted by molar-refractivity contribution is 7.91. The number of sulfonamides is 1. The molecule has 0 radical (unpaired) electrons. The van der Waals surface area contributed by atoms with Gasteiger partial charge in [-0.1, -0.05) is 41.7 Å². The van der Waals surface area contributed by atoms with Crippen LogP contribution in [-0.2, 0) is 16.6 Å². The Hall–Kier alpha value is -2.82. The van der Waals surface area contributed by atoms with E-state index in [9.17, 15) is 13.2 Å². The zero-order valence-corrected chi connectivity index (χ0v) is 17.7. The maximum atomic E-state index is 12.5. The van der Waals surface area contributed by atoms with Crippen LogP contribution in [0.25, 0.3) is 0 Å². The first kappa shape index (κ1) is 20.5. The first-order valence-corrected chi connectivity index (χ1v) is 11.8. The Balaban J connectivity index is 1.36. The van der Waals surface area contributed by atoms with Crippen molar-refractivity contribution >= 4 is 38.1 Å². The highest BCUT2D eigenvalue weighted by atomic mass is 32.2. The molecule has 0 aliphatic carbocycles. The second-order valence-corrected chi connectivity index (χ2v) is 9.80. The van der Waals surface area contributed by atoms with Crippen LogP contribution in [0.15, 0.2) is 58.9 Å². The Labute approximate surface area is 179 Å². The smallest absolute Gasteiger partial charge is 0.270 e. The van der Waals surface area contributed by atoms with Gasteiger partial charge in [0.1, 0.15) is 0 Å². The molecule has 0 unspecified atom stereocenters. The number of amides is 1. The van der Waals surface area contributed by atoms with E-state index in [2.05, 4.69) is 25.1 Å². The van der Waals surface area contributed by atoms with Crippen LogP contribution in [0.5, 0.6) is 0 Å². The number of nitrogens with one attached hydrogen (secondary N) is 2. The molecule has 156 valence electrons. The highest BCUT2D eigenvalue weighted by Gasteiger charge is 2.21. The van der Waals surface area contributed by atoms with Crippen molar-refractivity contribution in [3.63, 3.8) is 0 Å². The Morgan fingerprint density at radius 1 is 1.00 bits per heavy atom. The summed E-state index contributed by atoms with van der Waals surface area (Å²) in [6.07, 6.45) is 2.41. The van der Waals surface area contributed by atoms with Gasteiger partial charge >= 0.3 is 0 Å². The lowest BCUT2D eigenvalue weighted by molar-refractivity contribution is 0.102. The quantitative estimate of drug-likeness (QED) is 0.544. The van der Waals surface area contributed by atoms with Crippen LogP contribution in [0, 0.1) is 0 Å². The van der Waals surface area contributed by atoms with Crippen LogP contribution in [-0.4, -0.2) is 37.6 Å². The van der Waals surface area contributed by atoms with Crippen LogP contribution in [0.2, 0.25) is 0 Å². The minimum atomic E-state index is -3.83. The molecule has 0 spiro atoms. The molecule has 2 heterocycles. The Bertz CT molecular complexity index is 1110. The third-order valence-electron chi connectivity index (χ3n) is 4.77. The van der Waals surface area contributed by atoms with Gasteiger partial charge in [-0.05, 0) is 42.7 Å². The summed E-state index contributed by atoms with van der Waals surface area (Å²) in [4.78, 5) is 14.5. The predicted molar refractivity (Wildman–Crippen MR) is 116 cm³/mol. The number of carbonyl (C=O) groups excluding carboxylic acids is 1. The van der Waals surface area contributed by atoms with E-state index in [0.29, 0.717) is 5.56 Å². The number of anilines is 2. The van der Waals surface area contributed by atoms with Crippen molar-refractivity contribution in [2.75, 3.05) is 23.3 Å². The summed E-state index contributed by atoms with van der Waals surface area (Å²) in [5.41, 5.74) is 2.46. The fourth-order valence-electron chi connectivity index (χ4n) is 3.17. The fourth-order valence-corrected chi connectivity index (χ4v) is 5.12. The molecule has 3 aromatic rings. The van der Waals surface area contributed by atoms with Crippen LogP contribution in [0.1, 0.15) is 28.8 Å². The minimum absolute atomic E-state index is 0.124. The average molecular weight is 444 g/mol. The molecular weight excluding hydrogens is 422 g/mol. The molecule has 8 nitrogen and oxygen atoms in total. The summed E-state index contributed by atoms with van der Waals surface area (Å²) in [7, 11) is -3.83. The largest absolute Gasteiger partial charge is 0.372 e. The number of aromatic nitrogens is 2. The normalized spacial score (nSPS) is 14.1. The van der Waals surface area contributed by atoms with Gasteiger partial charge in [0.2, 0.25) is 9.47 Å². The third kappa shape index (κ3) is 4.84. The van der Waals surface area contributed by atoms with Gasteiger partial charge < -0.3 is 4.90 Å². The van der Waals surface area contributed by atoms with Crippen LogP contribution < -0.4 is 14.9 Å². The molecule has 1 aliphatic heterocycles. The van der Waals surface area contributed by atoms with E-state index in [1.165, 1.54) is 12.8 Å². The molecule has 1 amide bonds. The van der Waals surface area contributed by atoms with Crippen molar-refractivity contribution in [1.82, 2.24) is 14.9 Å². The van der Waals surface area contributed by atoms with Crippen molar-refractivity contribution < 1.29 is 13.2 Å². The van der Waals surface area contributed by atoms with Crippen molar-refractivity contribution in [3.8, 4) is 0 Å². The topological polar surface area (TPSA) is 104 Å². The number of hydrogen-bond acceptors (Lipinski definition) is 7. The highest BCUT2D eigenvalue weighted by Crippen LogP contribution is 2.22. The van der Waals surface area contributed by atoms with Crippen molar-refractivity contribution in [2.45, 2.75) is 23.7 Å². The number of nitrogens with zero attached hydrogens (tertiary/aromatic N) is 3. The fraction of sp³-hybridized carbons (Fsp3) is 0.250. The number of carbonyl (C=O) groups is 1. The van der Waals surface area contributed by atoms with Crippen molar-refractivity contribution in [3.05, 3.63) is 65.7 Å². The van der Waals surface area contributed by atoms with Gasteiger partial charge in [0.25, 0.3) is 15.9 Å². The second kappa shape index (κ2) is 8.90. The van der Waals surface area contributed by atoms with E-state index in [4.69, 9.17) is 0 Å². The Kier molecular flexibility index (Phi) is 6.07. The summed E-state index contributed by atoms with van der Waals surface area (Å²) < 4.78 is 27.4. The van der Waals surface area contributed by atoms with E-state index in [-0.39, 0.29) is 21.9 Å². The van der Waals surface area contributed by atoms with Crippen molar-refractivity contribution in [1.29, 1.82) is 0 Å². The lowest BCUT2D eigenvalue weighted by Crippen LogP contribution is -2.23. The molecule has 1 aliphatic rings. The maximum Gasteiger partial charge on any atom is 0.270 e. The molecule has 2 N–H and O–H groups in total. The molecular formula is C20H21N5O3S2. The first-order valence-electron chi connectivity index (χ1n) is 9.55. The predicted octanol–water partition coefficient (Wildman–Crippen LogP) is 2.87. The van der Waals surface area contributed by atoms with Gasteiger partial charge in [0, 0.05) is 30.9 Å². The Morgan fingerprint density at radius 2 is 1.70 bits per heavy atom. The summed E-state index contributed by atoms with van der Waals surface area (Å²) in [6.45, 7) is 2.27. The minimum Gasteiger partial charge on any atom is -0.372 e. The monoisotopic (exact) mass is 443 g/mol. The molecule has 0 saturated carbocycles. The molecule has 30 heavy (non-hydrogen) atoms. The number of hydrogen-bond donors (Lipinski definition) is 2. The van der Waals surface area contributed by atoms with E-state index in [1.807, 2.05) is 24.3 Å². The molecule has 4 rings (SSSR count). The van der Waals surface area contributed by atoms with E-state index in [0.717, 1.165) is 35.7 Å². The van der Waals surface area contributed by atoms with E-state index >= 15 is 0 Å². The lowest BCUT2D eigenvalue weighted by atomic mass is 10.2. The SMILES string of the molecule is O=C(Nc1nnc(S(=O)(=O)NCc2ccc(N3CCCC3)cc2)s1)c1ccccc1. The summed E-state index contributed by atoms with van der Waals surface area (Å²) in [5.74, 6) is -0.373. The van der Waals surface area contributed by atoms with E-state index < -0.39 is 10.0 Å². The van der Waals surface area contributed by atoms with Gasteiger partial charge in [0.15, 0.2) is 0 Å². The number of benzene rings is 2. The van der Waals surface area contributed by atoms with Gasteiger partial charge in [-0.15, -0.1) is 10.2 Å². The summed E-state index contributed by atoms with van der Waals surface area (Å²) in [6, 6.07) is 16.5. The average Bonchev–Trinajstić information content (AvgIpc) is 3.46. The standard InChI is InChI=1S/C20H21N5O3S2/c26-18(16-6-2-1-3-7-16)22-19-23-24-20(29-19)30(27,28)21-14-15-8-10-17(11-9-15)25-12-4-5-13-25/h1-3,6-11,21H,4-5,12-14H2,(H,22,23,26). The van der Waals surface area contributed by atoms with Crippen LogP contribution in [0.4, 0.5) is 10.8 Å². The molecule has 0 atom stereocenters. The zero-order valence-electron chi connectivity index (χ0n) is 16.1. The molecule has 10 heteroatoms. The molecule has 1 aromatic heterocycles. The van der Waals surface area contributed by atoms with Crippen LogP contribution in [0.3, 0.4) is 0 Å². The molecule has 1 fully saturated rings. The lowest BCUT2D eigenvalue weighted by Gasteiger charge is -2.17. The van der Waals surface area contributed by atoms with Gasteiger partial charge in [-0.2, -0.15) is 0 Å². The van der Waals surface area contributed by atoms with E-state index in [1.54, 1.807) is 30.3 Å². The van der Waals surface area contributed by atoms with Gasteiger partial charge in [-0.25, -0.2) is 13.1 Å². The number of rotatable bonds is 7. The summed E-state index contributed by atoms with van der Waals surface area (Å²) >= 11 is 0.806. The van der Waals surface area contributed by atoms with Crippen LogP contribution >= 0.6 is 11.3 Å². The van der Waals surface area contributed by atoms with Gasteiger partial charge in [-0.3, -0.25) is 10.1 Å². The summed E-state index contributed by atoms with van der Waals surface area (Å²) in [5, 5.41) is 10.2. The van der Waals surface area contributed by atoms with Gasteiger partial charge in [0.05, 0.1) is 0 Å². The zero-order chi connectivity index (χ0) is 21.0.